The van der Waals surface area contributed by atoms with Crippen molar-refractivity contribution in [2.75, 3.05) is 12.9 Å². The van der Waals surface area contributed by atoms with Crippen LogP contribution in [0.1, 0.15) is 24.8 Å². The second-order valence-electron chi connectivity index (χ2n) is 4.96. The number of ether oxygens (including phenoxy) is 1. The molecule has 5 heteroatoms. The van der Waals surface area contributed by atoms with E-state index in [0.29, 0.717) is 18.0 Å². The van der Waals surface area contributed by atoms with Crippen molar-refractivity contribution in [1.29, 1.82) is 0 Å². The molecule has 1 aromatic rings. The van der Waals surface area contributed by atoms with Gasteiger partial charge in [-0.2, -0.15) is 0 Å². The number of carbonyl (C=O) groups excluding carboxylic acids is 1. The molecule has 2 N–H and O–H groups in total. The van der Waals surface area contributed by atoms with Crippen molar-refractivity contribution in [3.05, 3.63) is 28.8 Å². The number of benzene rings is 1. The molecule has 0 atom stereocenters. The van der Waals surface area contributed by atoms with E-state index in [2.05, 4.69) is 0 Å². The summed E-state index contributed by atoms with van der Waals surface area (Å²) < 4.78 is 4.75. The molecule has 0 aromatic heterocycles. The van der Waals surface area contributed by atoms with Crippen LogP contribution in [0.3, 0.4) is 0 Å². The predicted octanol–water partition coefficient (Wildman–Crippen LogP) is 3.23. The Labute approximate surface area is 122 Å². The Morgan fingerprint density at radius 3 is 2.84 bits per heavy atom. The van der Waals surface area contributed by atoms with Gasteiger partial charge in [-0.25, -0.2) is 0 Å². The van der Waals surface area contributed by atoms with Crippen LogP contribution in [0.15, 0.2) is 23.1 Å². The molecule has 0 amide bonds. The third kappa shape index (κ3) is 3.65. The summed E-state index contributed by atoms with van der Waals surface area (Å²) in [5.41, 5.74) is 6.84. The van der Waals surface area contributed by atoms with Crippen LogP contribution in [-0.4, -0.2) is 18.8 Å². The third-order valence-corrected chi connectivity index (χ3v) is 5.32. The van der Waals surface area contributed by atoms with Crippen molar-refractivity contribution in [1.82, 2.24) is 0 Å². The molecule has 0 unspecified atom stereocenters. The summed E-state index contributed by atoms with van der Waals surface area (Å²) in [5, 5.41) is 0.713. The zero-order chi connectivity index (χ0) is 13.9. The lowest BCUT2D eigenvalue weighted by atomic mass is 10.1. The van der Waals surface area contributed by atoms with E-state index >= 15 is 0 Å². The van der Waals surface area contributed by atoms with Crippen LogP contribution < -0.4 is 5.73 Å². The number of hydrogen-bond donors (Lipinski definition) is 1. The topological polar surface area (TPSA) is 52.3 Å². The van der Waals surface area contributed by atoms with Gasteiger partial charge in [0, 0.05) is 22.2 Å². The largest absolute Gasteiger partial charge is 0.469 e. The number of esters is 1. The first-order valence-electron chi connectivity index (χ1n) is 6.27. The van der Waals surface area contributed by atoms with Gasteiger partial charge in [0.2, 0.25) is 0 Å². The number of halogens is 1. The van der Waals surface area contributed by atoms with Gasteiger partial charge in [0.1, 0.15) is 0 Å². The third-order valence-electron chi connectivity index (χ3n) is 3.52. The molecule has 0 spiro atoms. The van der Waals surface area contributed by atoms with Crippen molar-refractivity contribution >= 4 is 29.3 Å². The first-order chi connectivity index (χ1) is 9.10. The molecule has 0 bridgehead atoms. The van der Waals surface area contributed by atoms with Gasteiger partial charge in [-0.05, 0) is 36.0 Å². The van der Waals surface area contributed by atoms with Crippen molar-refractivity contribution < 1.29 is 9.53 Å². The Hall–Kier alpha value is -0.710. The molecule has 1 fully saturated rings. The molecule has 1 aliphatic carbocycles. The fourth-order valence-electron chi connectivity index (χ4n) is 2.03. The maximum Gasteiger partial charge on any atom is 0.306 e. The monoisotopic (exact) mass is 299 g/mol. The Morgan fingerprint density at radius 2 is 2.26 bits per heavy atom. The molecule has 104 valence electrons. The summed E-state index contributed by atoms with van der Waals surface area (Å²) in [6.45, 7) is 0.437. The van der Waals surface area contributed by atoms with E-state index in [9.17, 15) is 4.79 Å². The molecule has 1 saturated carbocycles. The van der Waals surface area contributed by atoms with Gasteiger partial charge in [-0.15, -0.1) is 11.8 Å². The summed E-state index contributed by atoms with van der Waals surface area (Å²) >= 11 is 7.87. The highest BCUT2D eigenvalue weighted by Gasteiger charge is 2.44. The predicted molar refractivity (Wildman–Crippen MR) is 78.4 cm³/mol. The average molecular weight is 300 g/mol. The van der Waals surface area contributed by atoms with Crippen molar-refractivity contribution in [2.24, 2.45) is 11.1 Å². The van der Waals surface area contributed by atoms with Crippen LogP contribution in [-0.2, 0) is 16.1 Å². The highest BCUT2D eigenvalue weighted by atomic mass is 35.5. The van der Waals surface area contributed by atoms with Crippen molar-refractivity contribution in [3.63, 3.8) is 0 Å². The van der Waals surface area contributed by atoms with Crippen LogP contribution in [0.5, 0.6) is 0 Å². The smallest absolute Gasteiger partial charge is 0.306 e. The van der Waals surface area contributed by atoms with Crippen molar-refractivity contribution in [3.8, 4) is 0 Å². The highest BCUT2D eigenvalue weighted by Crippen LogP contribution is 2.52. The molecule has 3 nitrogen and oxygen atoms in total. The number of methoxy groups -OCH3 is 1. The Bertz CT molecular complexity index is 475. The minimum absolute atomic E-state index is 0.117. The van der Waals surface area contributed by atoms with Gasteiger partial charge < -0.3 is 10.5 Å². The van der Waals surface area contributed by atoms with E-state index < -0.39 is 0 Å². The minimum atomic E-state index is -0.122. The van der Waals surface area contributed by atoms with E-state index in [1.165, 1.54) is 7.11 Å². The van der Waals surface area contributed by atoms with Crippen molar-refractivity contribution in [2.45, 2.75) is 30.7 Å². The molecule has 19 heavy (non-hydrogen) atoms. The summed E-state index contributed by atoms with van der Waals surface area (Å²) in [6, 6.07) is 5.83. The van der Waals surface area contributed by atoms with Gasteiger partial charge in [-0.3, -0.25) is 4.79 Å². The van der Waals surface area contributed by atoms with E-state index in [0.717, 1.165) is 29.1 Å². The molecular formula is C14H18ClNO2S. The van der Waals surface area contributed by atoms with Gasteiger partial charge in [0.15, 0.2) is 0 Å². The van der Waals surface area contributed by atoms with Crippen LogP contribution >= 0.6 is 23.4 Å². The molecule has 0 radical (unpaired) electrons. The molecule has 0 aliphatic heterocycles. The van der Waals surface area contributed by atoms with Gasteiger partial charge in [0.05, 0.1) is 13.5 Å². The number of carbonyl (C=O) groups is 1. The molecule has 1 aliphatic rings. The Balaban J connectivity index is 1.99. The normalized spacial score (nSPS) is 16.2. The lowest BCUT2D eigenvalue weighted by Crippen LogP contribution is -2.13. The summed E-state index contributed by atoms with van der Waals surface area (Å²) in [6.07, 6.45) is 2.69. The van der Waals surface area contributed by atoms with Gasteiger partial charge >= 0.3 is 5.97 Å². The average Bonchev–Trinajstić information content (AvgIpc) is 3.16. The van der Waals surface area contributed by atoms with E-state index in [1.807, 2.05) is 18.2 Å². The molecular weight excluding hydrogens is 282 g/mol. The van der Waals surface area contributed by atoms with E-state index in [4.69, 9.17) is 22.1 Å². The van der Waals surface area contributed by atoms with Crippen LogP contribution in [0, 0.1) is 5.41 Å². The lowest BCUT2D eigenvalue weighted by Gasteiger charge is -2.15. The standard InChI is InChI=1S/C14H18ClNO2S/c1-18-13(17)7-14(5-6-14)9-19-12-4-2-3-11(15)10(12)8-16/h2-4H,5-9,16H2,1H3. The van der Waals surface area contributed by atoms with Crippen LogP contribution in [0.25, 0.3) is 0 Å². The first kappa shape index (κ1) is 14.7. The van der Waals surface area contributed by atoms with Gasteiger partial charge in [-0.1, -0.05) is 17.7 Å². The molecule has 2 rings (SSSR count). The van der Waals surface area contributed by atoms with Crippen LogP contribution in [0.4, 0.5) is 0 Å². The fraction of sp³-hybridized carbons (Fsp3) is 0.500. The summed E-state index contributed by atoms with van der Waals surface area (Å²) in [4.78, 5) is 12.5. The second kappa shape index (κ2) is 6.16. The minimum Gasteiger partial charge on any atom is -0.469 e. The number of nitrogens with two attached hydrogens (primary N) is 1. The first-order valence-corrected chi connectivity index (χ1v) is 7.64. The Kier molecular flexibility index (Phi) is 4.76. The summed E-state index contributed by atoms with van der Waals surface area (Å²) in [7, 11) is 1.44. The number of hydrogen-bond acceptors (Lipinski definition) is 4. The zero-order valence-electron chi connectivity index (χ0n) is 10.9. The molecule has 0 saturated heterocycles. The van der Waals surface area contributed by atoms with Gasteiger partial charge in [0.25, 0.3) is 0 Å². The van der Waals surface area contributed by atoms with E-state index in [-0.39, 0.29) is 11.4 Å². The molecule has 1 aromatic carbocycles. The summed E-state index contributed by atoms with van der Waals surface area (Å²) in [5.74, 6) is 0.790. The zero-order valence-corrected chi connectivity index (χ0v) is 12.5. The number of thioether (sulfide) groups is 1. The Morgan fingerprint density at radius 1 is 1.53 bits per heavy atom. The lowest BCUT2D eigenvalue weighted by molar-refractivity contribution is -0.141. The highest BCUT2D eigenvalue weighted by molar-refractivity contribution is 7.99. The maximum atomic E-state index is 11.4. The number of rotatable bonds is 6. The van der Waals surface area contributed by atoms with E-state index in [1.54, 1.807) is 11.8 Å². The fourth-order valence-corrected chi connectivity index (χ4v) is 3.73. The molecule has 0 heterocycles. The van der Waals surface area contributed by atoms with Crippen LogP contribution in [0.2, 0.25) is 5.02 Å². The SMILES string of the molecule is COC(=O)CC1(CSc2cccc(Cl)c2CN)CC1. The maximum absolute atomic E-state index is 11.4. The second-order valence-corrected chi connectivity index (χ2v) is 6.39. The quantitative estimate of drug-likeness (QED) is 0.647.